The average Bonchev–Trinajstić information content (AvgIpc) is 2.42. The van der Waals surface area contributed by atoms with E-state index in [-0.39, 0.29) is 0 Å². The molecule has 3 nitrogen and oxygen atoms in total. The Kier molecular flexibility index (Phi) is 1.50. The minimum atomic E-state index is 0.878. The van der Waals surface area contributed by atoms with Gasteiger partial charge >= 0.3 is 0 Å². The van der Waals surface area contributed by atoms with Crippen molar-refractivity contribution in [2.24, 2.45) is 0 Å². The zero-order valence-electron chi connectivity index (χ0n) is 7.59. The maximum absolute atomic E-state index is 4.28. The van der Waals surface area contributed by atoms with Gasteiger partial charge in [0.05, 0.1) is 0 Å². The number of nitrogens with zero attached hydrogens (tertiary/aromatic N) is 3. The normalized spacial score (nSPS) is 14.3. The molecule has 1 aliphatic rings. The zero-order valence-corrected chi connectivity index (χ0v) is 7.59. The van der Waals surface area contributed by atoms with E-state index in [2.05, 4.69) is 38.8 Å². The van der Waals surface area contributed by atoms with Crippen LogP contribution in [0, 0.1) is 0 Å². The first-order chi connectivity index (χ1) is 6.95. The second kappa shape index (κ2) is 2.80. The van der Waals surface area contributed by atoms with E-state index in [0.717, 1.165) is 17.6 Å². The van der Waals surface area contributed by atoms with Crippen LogP contribution in [0.3, 0.4) is 0 Å². The molecule has 2 aromatic heterocycles. The first-order valence-electron chi connectivity index (χ1n) is 4.57. The lowest BCUT2D eigenvalue weighted by molar-refractivity contribution is 0.841. The number of aromatic nitrogens is 3. The Balaban J connectivity index is 2.37. The number of rotatable bonds is 0. The highest BCUT2D eigenvalue weighted by Gasteiger charge is 2.06. The molecule has 3 rings (SSSR count). The summed E-state index contributed by atoms with van der Waals surface area (Å²) < 4.78 is 2.18. The second-order valence-electron chi connectivity index (χ2n) is 3.27. The summed E-state index contributed by atoms with van der Waals surface area (Å²) in [5.74, 6) is 0. The molecule has 0 spiro atoms. The molecule has 68 valence electrons. The van der Waals surface area contributed by atoms with Crippen molar-refractivity contribution in [3.63, 3.8) is 0 Å². The van der Waals surface area contributed by atoms with Gasteiger partial charge in [0, 0.05) is 23.8 Å². The van der Waals surface area contributed by atoms with Crippen molar-refractivity contribution in [2.45, 2.75) is 6.54 Å². The van der Waals surface area contributed by atoms with Gasteiger partial charge in [-0.1, -0.05) is 18.2 Å². The smallest absolute Gasteiger partial charge is 0.144 e. The van der Waals surface area contributed by atoms with Crippen LogP contribution in [0.15, 0.2) is 36.8 Å². The van der Waals surface area contributed by atoms with Crippen LogP contribution in [0.2, 0.25) is 0 Å². The monoisotopic (exact) mass is 183 g/mol. The fraction of sp³-hybridized carbons (Fsp3) is 0.0909. The molecule has 3 heteroatoms. The van der Waals surface area contributed by atoms with Gasteiger partial charge in [-0.3, -0.25) is 0 Å². The molecular formula is C11H9N3. The quantitative estimate of drug-likeness (QED) is 0.625. The standard InChI is InChI=1S/C11H9N3/c1-2-4-10-6-9-7-12-8-13-11(9)14(10)5-3-1/h1-4,6-8H,5H2. The van der Waals surface area contributed by atoms with Crippen LogP contribution in [0.5, 0.6) is 0 Å². The van der Waals surface area contributed by atoms with E-state index in [1.807, 2.05) is 12.3 Å². The summed E-state index contributed by atoms with van der Waals surface area (Å²) in [6, 6.07) is 2.11. The van der Waals surface area contributed by atoms with Crippen molar-refractivity contribution in [3.8, 4) is 0 Å². The molecule has 0 atom stereocenters. The first kappa shape index (κ1) is 7.50. The Morgan fingerprint density at radius 3 is 3.29 bits per heavy atom. The van der Waals surface area contributed by atoms with E-state index >= 15 is 0 Å². The predicted octanol–water partition coefficient (Wildman–Crippen LogP) is 2.01. The molecule has 0 radical (unpaired) electrons. The van der Waals surface area contributed by atoms with Crippen LogP contribution >= 0.6 is 0 Å². The van der Waals surface area contributed by atoms with Crippen molar-refractivity contribution in [3.05, 3.63) is 42.5 Å². The molecule has 3 heterocycles. The number of allylic oxidation sites excluding steroid dienone is 3. The Bertz CT molecular complexity index is 534. The number of fused-ring (bicyclic) bond motifs is 3. The molecule has 1 aliphatic heterocycles. The molecule has 0 aliphatic carbocycles. The zero-order chi connectivity index (χ0) is 9.38. The summed E-state index contributed by atoms with van der Waals surface area (Å²) in [6.07, 6.45) is 11.8. The van der Waals surface area contributed by atoms with Crippen LogP contribution in [0.4, 0.5) is 0 Å². The van der Waals surface area contributed by atoms with Gasteiger partial charge in [0.15, 0.2) is 0 Å². The van der Waals surface area contributed by atoms with Crippen LogP contribution in [0.1, 0.15) is 5.69 Å². The average molecular weight is 183 g/mol. The van der Waals surface area contributed by atoms with Gasteiger partial charge in [0.1, 0.15) is 12.0 Å². The number of hydrogen-bond acceptors (Lipinski definition) is 2. The fourth-order valence-electron chi connectivity index (χ4n) is 1.75. The molecule has 0 amide bonds. The van der Waals surface area contributed by atoms with Crippen molar-refractivity contribution in [1.82, 2.24) is 14.5 Å². The van der Waals surface area contributed by atoms with Gasteiger partial charge in [0.2, 0.25) is 0 Å². The van der Waals surface area contributed by atoms with E-state index in [9.17, 15) is 0 Å². The minimum Gasteiger partial charge on any atom is -0.322 e. The summed E-state index contributed by atoms with van der Waals surface area (Å²) in [6.45, 7) is 0.878. The molecule has 0 saturated heterocycles. The maximum Gasteiger partial charge on any atom is 0.144 e. The molecule has 0 bridgehead atoms. The van der Waals surface area contributed by atoms with E-state index in [1.54, 1.807) is 6.33 Å². The van der Waals surface area contributed by atoms with E-state index in [4.69, 9.17) is 0 Å². The van der Waals surface area contributed by atoms with Crippen LogP contribution in [-0.2, 0) is 6.54 Å². The van der Waals surface area contributed by atoms with Crippen molar-refractivity contribution in [1.29, 1.82) is 0 Å². The molecule has 14 heavy (non-hydrogen) atoms. The SMILES string of the molecule is C1=CCn2c(cc3cncnc32)C=C1. The van der Waals surface area contributed by atoms with Crippen molar-refractivity contribution in [2.75, 3.05) is 0 Å². The molecule has 0 N–H and O–H groups in total. The van der Waals surface area contributed by atoms with Crippen molar-refractivity contribution >= 4 is 17.1 Å². The largest absolute Gasteiger partial charge is 0.322 e. The van der Waals surface area contributed by atoms with Crippen LogP contribution in [-0.4, -0.2) is 14.5 Å². The summed E-state index contributed by atoms with van der Waals surface area (Å²) in [5, 5.41) is 1.10. The van der Waals surface area contributed by atoms with Crippen molar-refractivity contribution < 1.29 is 0 Å². The molecule has 0 fully saturated rings. The van der Waals surface area contributed by atoms with E-state index in [1.165, 1.54) is 5.69 Å². The maximum atomic E-state index is 4.28. The lowest BCUT2D eigenvalue weighted by Gasteiger charge is -2.01. The molecule has 0 unspecified atom stereocenters. The van der Waals surface area contributed by atoms with Gasteiger partial charge in [-0.25, -0.2) is 9.97 Å². The lowest BCUT2D eigenvalue weighted by atomic mass is 10.3. The summed E-state index contributed by atoms with van der Waals surface area (Å²) in [4.78, 5) is 8.29. The third-order valence-electron chi connectivity index (χ3n) is 2.39. The topological polar surface area (TPSA) is 30.7 Å². The van der Waals surface area contributed by atoms with Gasteiger partial charge in [-0.05, 0) is 12.1 Å². The predicted molar refractivity (Wildman–Crippen MR) is 55.7 cm³/mol. The number of hydrogen-bond donors (Lipinski definition) is 0. The summed E-state index contributed by atoms with van der Waals surface area (Å²) >= 11 is 0. The Labute approximate surface area is 81.4 Å². The van der Waals surface area contributed by atoms with Gasteiger partial charge < -0.3 is 4.57 Å². The minimum absolute atomic E-state index is 0.878. The Morgan fingerprint density at radius 2 is 2.29 bits per heavy atom. The molecule has 0 aromatic carbocycles. The van der Waals surface area contributed by atoms with Crippen LogP contribution < -0.4 is 0 Å². The van der Waals surface area contributed by atoms with E-state index < -0.39 is 0 Å². The van der Waals surface area contributed by atoms with Gasteiger partial charge in [-0.2, -0.15) is 0 Å². The van der Waals surface area contributed by atoms with Gasteiger partial charge in [-0.15, -0.1) is 0 Å². The highest BCUT2D eigenvalue weighted by atomic mass is 15.1. The summed E-state index contributed by atoms with van der Waals surface area (Å²) in [5.41, 5.74) is 2.19. The fourth-order valence-corrected chi connectivity index (χ4v) is 1.75. The van der Waals surface area contributed by atoms with Crippen LogP contribution in [0.25, 0.3) is 17.1 Å². The van der Waals surface area contributed by atoms with Gasteiger partial charge in [0.25, 0.3) is 0 Å². The third-order valence-corrected chi connectivity index (χ3v) is 2.39. The highest BCUT2D eigenvalue weighted by molar-refractivity contribution is 5.79. The first-order valence-corrected chi connectivity index (χ1v) is 4.57. The summed E-state index contributed by atoms with van der Waals surface area (Å²) in [7, 11) is 0. The Hall–Kier alpha value is -1.90. The molecule has 2 aromatic rings. The third kappa shape index (κ3) is 0.988. The highest BCUT2D eigenvalue weighted by Crippen LogP contribution is 2.19. The molecular weight excluding hydrogens is 174 g/mol. The van der Waals surface area contributed by atoms with E-state index in [0.29, 0.717) is 0 Å². The molecule has 0 saturated carbocycles. The Morgan fingerprint density at radius 1 is 1.29 bits per heavy atom. The lowest BCUT2D eigenvalue weighted by Crippen LogP contribution is -1.97. The second-order valence-corrected chi connectivity index (χ2v) is 3.27.